The second-order valence-corrected chi connectivity index (χ2v) is 6.59. The van der Waals surface area contributed by atoms with Crippen molar-refractivity contribution in [1.29, 1.82) is 0 Å². The minimum Gasteiger partial charge on any atom is -0.493 e. The van der Waals surface area contributed by atoms with E-state index in [2.05, 4.69) is 0 Å². The number of carboxylic acids is 1. The van der Waals surface area contributed by atoms with Crippen LogP contribution < -0.4 is 9.47 Å². The lowest BCUT2D eigenvalue weighted by Gasteiger charge is -2.34. The summed E-state index contributed by atoms with van der Waals surface area (Å²) in [6.07, 6.45) is 4.34. The van der Waals surface area contributed by atoms with Gasteiger partial charge in [-0.05, 0) is 36.1 Å². The van der Waals surface area contributed by atoms with E-state index in [1.165, 1.54) is 0 Å². The number of aliphatic carboxylic acids is 1. The molecular formula is C21H24O4. The van der Waals surface area contributed by atoms with Crippen molar-refractivity contribution in [3.8, 4) is 11.5 Å². The summed E-state index contributed by atoms with van der Waals surface area (Å²) in [5.74, 6) is 0.471. The first-order valence-electron chi connectivity index (χ1n) is 8.74. The van der Waals surface area contributed by atoms with Crippen LogP contribution in [0.1, 0.15) is 43.2 Å². The van der Waals surface area contributed by atoms with Crippen molar-refractivity contribution in [2.24, 2.45) is 0 Å². The first kappa shape index (κ1) is 17.3. The van der Waals surface area contributed by atoms with Crippen LogP contribution in [-0.4, -0.2) is 18.2 Å². The number of rotatable bonds is 6. The zero-order valence-corrected chi connectivity index (χ0v) is 14.5. The van der Waals surface area contributed by atoms with E-state index in [4.69, 9.17) is 9.47 Å². The summed E-state index contributed by atoms with van der Waals surface area (Å²) in [5, 5.41) is 9.86. The minimum atomic E-state index is -0.802. The molecule has 1 saturated carbocycles. The van der Waals surface area contributed by atoms with E-state index >= 15 is 0 Å². The van der Waals surface area contributed by atoms with Crippen molar-refractivity contribution in [2.75, 3.05) is 7.11 Å². The molecule has 0 aliphatic heterocycles. The molecule has 4 heteroatoms. The molecule has 0 spiro atoms. The van der Waals surface area contributed by atoms with Gasteiger partial charge < -0.3 is 14.6 Å². The lowest BCUT2D eigenvalue weighted by molar-refractivity contribution is -0.145. The highest BCUT2D eigenvalue weighted by atomic mass is 16.5. The normalized spacial score (nSPS) is 16.2. The average molecular weight is 340 g/mol. The Morgan fingerprint density at radius 1 is 1.04 bits per heavy atom. The van der Waals surface area contributed by atoms with Gasteiger partial charge in [-0.1, -0.05) is 55.7 Å². The van der Waals surface area contributed by atoms with Crippen molar-refractivity contribution in [3.05, 3.63) is 59.7 Å². The minimum absolute atomic E-state index is 0.445. The quantitative estimate of drug-likeness (QED) is 0.837. The monoisotopic (exact) mass is 340 g/mol. The molecule has 2 aromatic rings. The molecule has 0 amide bonds. The Labute approximate surface area is 148 Å². The highest BCUT2D eigenvalue weighted by Crippen LogP contribution is 2.42. The molecule has 2 aromatic carbocycles. The predicted octanol–water partition coefficient (Wildman–Crippen LogP) is 4.56. The molecule has 1 aliphatic rings. The third-order valence-corrected chi connectivity index (χ3v) is 5.07. The SMILES string of the molecule is COc1cc(C2(C(=O)O)CCCCC2)ccc1OCc1ccccc1. The van der Waals surface area contributed by atoms with E-state index in [1.54, 1.807) is 7.11 Å². The molecule has 0 unspecified atom stereocenters. The second kappa shape index (κ2) is 7.60. The van der Waals surface area contributed by atoms with E-state index in [0.717, 1.165) is 30.4 Å². The molecule has 1 fully saturated rings. The van der Waals surface area contributed by atoms with Crippen LogP contribution in [0, 0.1) is 0 Å². The lowest BCUT2D eigenvalue weighted by atomic mass is 9.69. The van der Waals surface area contributed by atoms with Crippen molar-refractivity contribution in [1.82, 2.24) is 0 Å². The van der Waals surface area contributed by atoms with Crippen LogP contribution in [-0.2, 0) is 16.8 Å². The Balaban J connectivity index is 1.84. The van der Waals surface area contributed by atoms with Crippen LogP contribution in [0.3, 0.4) is 0 Å². The van der Waals surface area contributed by atoms with E-state index in [0.29, 0.717) is 30.9 Å². The Hall–Kier alpha value is -2.49. The summed E-state index contributed by atoms with van der Waals surface area (Å²) in [5.41, 5.74) is 1.08. The van der Waals surface area contributed by atoms with Gasteiger partial charge in [0.15, 0.2) is 11.5 Å². The van der Waals surface area contributed by atoms with Gasteiger partial charge in [0, 0.05) is 0 Å². The molecule has 1 aliphatic carbocycles. The smallest absolute Gasteiger partial charge is 0.314 e. The largest absolute Gasteiger partial charge is 0.493 e. The fourth-order valence-corrected chi connectivity index (χ4v) is 3.60. The Morgan fingerprint density at radius 2 is 1.76 bits per heavy atom. The second-order valence-electron chi connectivity index (χ2n) is 6.59. The maximum atomic E-state index is 12.0. The first-order chi connectivity index (χ1) is 12.2. The number of carboxylic acid groups (broad SMARTS) is 1. The zero-order chi connectivity index (χ0) is 17.7. The molecule has 3 rings (SSSR count). The van der Waals surface area contributed by atoms with E-state index in [9.17, 15) is 9.90 Å². The standard InChI is InChI=1S/C21H24O4/c1-24-19-14-17(21(20(22)23)12-6-3-7-13-21)10-11-18(19)25-15-16-8-4-2-5-9-16/h2,4-5,8-11,14H,3,6-7,12-13,15H2,1H3,(H,22,23). The van der Waals surface area contributed by atoms with Gasteiger partial charge in [0.05, 0.1) is 12.5 Å². The average Bonchev–Trinajstić information content (AvgIpc) is 2.67. The molecule has 0 saturated heterocycles. The fourth-order valence-electron chi connectivity index (χ4n) is 3.60. The highest BCUT2D eigenvalue weighted by molar-refractivity contribution is 5.82. The van der Waals surface area contributed by atoms with Crippen molar-refractivity contribution in [3.63, 3.8) is 0 Å². The summed E-state index contributed by atoms with van der Waals surface area (Å²) in [6, 6.07) is 15.5. The molecule has 25 heavy (non-hydrogen) atoms. The maximum absolute atomic E-state index is 12.0. The Bertz CT molecular complexity index is 718. The summed E-state index contributed by atoms with van der Waals surface area (Å²) >= 11 is 0. The number of hydrogen-bond acceptors (Lipinski definition) is 3. The summed E-state index contributed by atoms with van der Waals surface area (Å²) in [4.78, 5) is 12.0. The summed E-state index contributed by atoms with van der Waals surface area (Å²) in [6.45, 7) is 0.445. The Kier molecular flexibility index (Phi) is 5.27. The van der Waals surface area contributed by atoms with Gasteiger partial charge >= 0.3 is 5.97 Å². The van der Waals surface area contributed by atoms with Crippen LogP contribution in [0.4, 0.5) is 0 Å². The summed E-state index contributed by atoms with van der Waals surface area (Å²) < 4.78 is 11.3. The van der Waals surface area contributed by atoms with E-state index in [1.807, 2.05) is 48.5 Å². The summed E-state index contributed by atoms with van der Waals surface area (Å²) in [7, 11) is 1.59. The molecule has 132 valence electrons. The van der Waals surface area contributed by atoms with Crippen LogP contribution in [0.15, 0.2) is 48.5 Å². The number of methoxy groups -OCH3 is 1. The molecule has 0 aromatic heterocycles. The Morgan fingerprint density at radius 3 is 2.40 bits per heavy atom. The third-order valence-electron chi connectivity index (χ3n) is 5.07. The van der Waals surface area contributed by atoms with Gasteiger partial charge in [-0.3, -0.25) is 4.79 Å². The van der Waals surface area contributed by atoms with Gasteiger partial charge in [0.25, 0.3) is 0 Å². The molecular weight excluding hydrogens is 316 g/mol. The number of carbonyl (C=O) groups is 1. The van der Waals surface area contributed by atoms with Crippen LogP contribution >= 0.6 is 0 Å². The molecule has 0 heterocycles. The highest BCUT2D eigenvalue weighted by Gasteiger charge is 2.41. The van der Waals surface area contributed by atoms with E-state index < -0.39 is 11.4 Å². The zero-order valence-electron chi connectivity index (χ0n) is 14.5. The van der Waals surface area contributed by atoms with Crippen LogP contribution in [0.2, 0.25) is 0 Å². The van der Waals surface area contributed by atoms with Crippen LogP contribution in [0.5, 0.6) is 11.5 Å². The first-order valence-corrected chi connectivity index (χ1v) is 8.74. The molecule has 1 N–H and O–H groups in total. The number of ether oxygens (including phenoxy) is 2. The fraction of sp³-hybridized carbons (Fsp3) is 0.381. The van der Waals surface area contributed by atoms with Gasteiger partial charge in [-0.2, -0.15) is 0 Å². The lowest BCUT2D eigenvalue weighted by Crippen LogP contribution is -2.37. The van der Waals surface area contributed by atoms with Crippen molar-refractivity contribution < 1.29 is 19.4 Å². The molecule has 0 atom stereocenters. The third kappa shape index (κ3) is 3.63. The van der Waals surface area contributed by atoms with Gasteiger partial charge in [-0.25, -0.2) is 0 Å². The predicted molar refractivity (Wildman–Crippen MR) is 96.2 cm³/mol. The maximum Gasteiger partial charge on any atom is 0.314 e. The van der Waals surface area contributed by atoms with Gasteiger partial charge in [0.1, 0.15) is 6.61 Å². The number of hydrogen-bond donors (Lipinski definition) is 1. The van der Waals surface area contributed by atoms with Crippen LogP contribution in [0.25, 0.3) is 0 Å². The topological polar surface area (TPSA) is 55.8 Å². The van der Waals surface area contributed by atoms with Crippen molar-refractivity contribution >= 4 is 5.97 Å². The molecule has 0 radical (unpaired) electrons. The van der Waals surface area contributed by atoms with Crippen molar-refractivity contribution in [2.45, 2.75) is 44.1 Å². The van der Waals surface area contributed by atoms with Gasteiger partial charge in [-0.15, -0.1) is 0 Å². The van der Waals surface area contributed by atoms with Gasteiger partial charge in [0.2, 0.25) is 0 Å². The number of benzene rings is 2. The molecule has 4 nitrogen and oxygen atoms in total. The van der Waals surface area contributed by atoms with E-state index in [-0.39, 0.29) is 0 Å². The molecule has 0 bridgehead atoms.